The van der Waals surface area contributed by atoms with Gasteiger partial charge in [0.15, 0.2) is 0 Å². The highest BCUT2D eigenvalue weighted by molar-refractivity contribution is 9.11. The van der Waals surface area contributed by atoms with E-state index < -0.39 is 0 Å². The lowest BCUT2D eigenvalue weighted by atomic mass is 9.81. The minimum atomic E-state index is 0.279. The number of benzene rings is 2. The predicted molar refractivity (Wildman–Crippen MR) is 102 cm³/mol. The SMILES string of the molecule is CCC(C)C(c1ccccc1)C(Br)c1cc(Br)ccc1Br. The van der Waals surface area contributed by atoms with Crippen molar-refractivity contribution in [2.24, 2.45) is 5.92 Å². The van der Waals surface area contributed by atoms with Gasteiger partial charge >= 0.3 is 0 Å². The molecule has 3 heteroatoms. The maximum Gasteiger partial charge on any atom is 0.0477 e. The molecule has 0 aliphatic rings. The first-order valence-corrected chi connectivity index (χ1v) is 9.68. The van der Waals surface area contributed by atoms with E-state index >= 15 is 0 Å². The lowest BCUT2D eigenvalue weighted by Crippen LogP contribution is -2.15. The Balaban J connectivity index is 2.43. The van der Waals surface area contributed by atoms with Gasteiger partial charge in [0, 0.05) is 19.7 Å². The lowest BCUT2D eigenvalue weighted by Gasteiger charge is -2.29. The molecule has 0 saturated heterocycles. The molecule has 2 aromatic rings. The Bertz CT molecular complexity index is 580. The Hall–Kier alpha value is -0.120. The van der Waals surface area contributed by atoms with Gasteiger partial charge in [0.2, 0.25) is 0 Å². The maximum atomic E-state index is 3.96. The van der Waals surface area contributed by atoms with Crippen molar-refractivity contribution >= 4 is 47.8 Å². The van der Waals surface area contributed by atoms with Crippen LogP contribution in [0.1, 0.15) is 42.1 Å². The topological polar surface area (TPSA) is 0 Å². The van der Waals surface area contributed by atoms with Crippen LogP contribution in [0.2, 0.25) is 0 Å². The van der Waals surface area contributed by atoms with Crippen LogP contribution in [0.4, 0.5) is 0 Å². The monoisotopic (exact) mass is 472 g/mol. The van der Waals surface area contributed by atoms with Crippen LogP contribution in [0.3, 0.4) is 0 Å². The summed E-state index contributed by atoms with van der Waals surface area (Å²) >= 11 is 11.2. The largest absolute Gasteiger partial charge is 0.0832 e. The molecule has 3 unspecified atom stereocenters. The molecule has 0 aliphatic heterocycles. The third kappa shape index (κ3) is 4.20. The molecular formula is C18H19Br3. The van der Waals surface area contributed by atoms with Crippen molar-refractivity contribution < 1.29 is 0 Å². The highest BCUT2D eigenvalue weighted by Crippen LogP contribution is 2.46. The first-order valence-electron chi connectivity index (χ1n) is 7.18. The molecule has 0 radical (unpaired) electrons. The second kappa shape index (κ2) is 7.94. The summed E-state index contributed by atoms with van der Waals surface area (Å²) in [6, 6.07) is 17.2. The highest BCUT2D eigenvalue weighted by Gasteiger charge is 2.28. The van der Waals surface area contributed by atoms with Gasteiger partial charge in [-0.2, -0.15) is 0 Å². The van der Waals surface area contributed by atoms with Crippen molar-refractivity contribution in [3.05, 3.63) is 68.6 Å². The molecule has 0 aliphatic carbocycles. The molecule has 0 heterocycles. The van der Waals surface area contributed by atoms with Crippen molar-refractivity contribution in [3.63, 3.8) is 0 Å². The molecular weight excluding hydrogens is 456 g/mol. The average Bonchev–Trinajstić information content (AvgIpc) is 2.50. The van der Waals surface area contributed by atoms with Crippen LogP contribution in [0.5, 0.6) is 0 Å². The summed E-state index contributed by atoms with van der Waals surface area (Å²) < 4.78 is 2.26. The van der Waals surface area contributed by atoms with E-state index in [-0.39, 0.29) is 4.83 Å². The fourth-order valence-electron chi connectivity index (χ4n) is 2.63. The van der Waals surface area contributed by atoms with Crippen molar-refractivity contribution in [3.8, 4) is 0 Å². The maximum absolute atomic E-state index is 3.96. The Morgan fingerprint density at radius 2 is 1.67 bits per heavy atom. The summed E-state index contributed by atoms with van der Waals surface area (Å²) in [5.74, 6) is 1.05. The Kier molecular flexibility index (Phi) is 6.51. The smallest absolute Gasteiger partial charge is 0.0477 e. The summed E-state index contributed by atoms with van der Waals surface area (Å²) in [5.41, 5.74) is 2.68. The molecule has 0 N–H and O–H groups in total. The first kappa shape index (κ1) is 17.2. The third-order valence-electron chi connectivity index (χ3n) is 4.01. The highest BCUT2D eigenvalue weighted by atomic mass is 79.9. The van der Waals surface area contributed by atoms with Gasteiger partial charge in [0.1, 0.15) is 0 Å². The van der Waals surface area contributed by atoms with E-state index in [1.54, 1.807) is 0 Å². The van der Waals surface area contributed by atoms with Gasteiger partial charge < -0.3 is 0 Å². The van der Waals surface area contributed by atoms with Crippen LogP contribution in [0, 0.1) is 5.92 Å². The number of halogens is 3. The number of hydrogen-bond acceptors (Lipinski definition) is 0. The van der Waals surface area contributed by atoms with E-state index in [0.717, 1.165) is 15.4 Å². The lowest BCUT2D eigenvalue weighted by molar-refractivity contribution is 0.440. The van der Waals surface area contributed by atoms with E-state index in [9.17, 15) is 0 Å². The fourth-order valence-corrected chi connectivity index (χ4v) is 5.02. The van der Waals surface area contributed by atoms with Crippen molar-refractivity contribution in [2.45, 2.75) is 31.0 Å². The van der Waals surface area contributed by atoms with Crippen molar-refractivity contribution in [2.75, 3.05) is 0 Å². The molecule has 112 valence electrons. The zero-order valence-electron chi connectivity index (χ0n) is 12.2. The van der Waals surface area contributed by atoms with Gasteiger partial charge in [-0.05, 0) is 35.2 Å². The second-order valence-corrected chi connectivity index (χ2v) is 8.15. The molecule has 0 fully saturated rings. The number of alkyl halides is 1. The number of rotatable bonds is 5. The second-order valence-electron chi connectivity index (χ2n) is 5.39. The molecule has 0 bridgehead atoms. The van der Waals surface area contributed by atoms with Crippen molar-refractivity contribution in [1.29, 1.82) is 0 Å². The molecule has 3 atom stereocenters. The zero-order chi connectivity index (χ0) is 15.4. The van der Waals surface area contributed by atoms with E-state index in [1.165, 1.54) is 11.1 Å². The minimum absolute atomic E-state index is 0.279. The van der Waals surface area contributed by atoms with Crippen molar-refractivity contribution in [1.82, 2.24) is 0 Å². The summed E-state index contributed by atoms with van der Waals surface area (Å²) in [4.78, 5) is 0.279. The van der Waals surface area contributed by atoms with Gasteiger partial charge in [0.05, 0.1) is 0 Å². The van der Waals surface area contributed by atoms with Gasteiger partial charge in [-0.25, -0.2) is 0 Å². The van der Waals surface area contributed by atoms with Crippen LogP contribution >= 0.6 is 47.8 Å². The molecule has 0 aromatic heterocycles. The van der Waals surface area contributed by atoms with Crippen LogP contribution in [0.25, 0.3) is 0 Å². The fraction of sp³-hybridized carbons (Fsp3) is 0.333. The minimum Gasteiger partial charge on any atom is -0.0832 e. The Morgan fingerprint density at radius 1 is 1.00 bits per heavy atom. The van der Waals surface area contributed by atoms with Gasteiger partial charge in [-0.15, -0.1) is 0 Å². The van der Waals surface area contributed by atoms with Gasteiger partial charge in [0.25, 0.3) is 0 Å². The normalized spacial score (nSPS) is 15.5. The summed E-state index contributed by atoms with van der Waals surface area (Å²) in [6.07, 6.45) is 1.16. The first-order chi connectivity index (χ1) is 10.0. The zero-order valence-corrected chi connectivity index (χ0v) is 16.9. The summed E-state index contributed by atoms with van der Waals surface area (Å²) in [5, 5.41) is 0. The average molecular weight is 475 g/mol. The van der Waals surface area contributed by atoms with Crippen LogP contribution in [-0.2, 0) is 0 Å². The third-order valence-corrected chi connectivity index (χ3v) is 6.29. The number of hydrogen-bond donors (Lipinski definition) is 0. The van der Waals surface area contributed by atoms with E-state index in [4.69, 9.17) is 0 Å². The standard InChI is InChI=1S/C18H19Br3/c1-3-12(2)17(13-7-5-4-6-8-13)18(21)15-11-14(19)9-10-16(15)20/h4-12,17-18H,3H2,1-2H3. The Labute approximate surface area is 152 Å². The molecule has 21 heavy (non-hydrogen) atoms. The van der Waals surface area contributed by atoms with Gasteiger partial charge in [-0.1, -0.05) is 98.4 Å². The predicted octanol–water partition coefficient (Wildman–Crippen LogP) is 7.48. The summed E-state index contributed by atoms with van der Waals surface area (Å²) in [7, 11) is 0. The van der Waals surface area contributed by atoms with Crippen LogP contribution < -0.4 is 0 Å². The Morgan fingerprint density at radius 3 is 2.29 bits per heavy atom. The van der Waals surface area contributed by atoms with E-state index in [0.29, 0.717) is 11.8 Å². The van der Waals surface area contributed by atoms with E-state index in [1.807, 2.05) is 0 Å². The van der Waals surface area contributed by atoms with Gasteiger partial charge in [-0.3, -0.25) is 0 Å². The molecule has 2 rings (SSSR count). The molecule has 2 aromatic carbocycles. The van der Waals surface area contributed by atoms with Crippen LogP contribution in [0.15, 0.2) is 57.5 Å². The molecule has 0 nitrogen and oxygen atoms in total. The molecule has 0 spiro atoms. The molecule has 0 amide bonds. The summed E-state index contributed by atoms with van der Waals surface area (Å²) in [6.45, 7) is 4.59. The van der Waals surface area contributed by atoms with E-state index in [2.05, 4.69) is 110 Å². The quantitative estimate of drug-likeness (QED) is 0.394. The molecule has 0 saturated carbocycles. The van der Waals surface area contributed by atoms with Crippen LogP contribution in [-0.4, -0.2) is 0 Å².